The van der Waals surface area contributed by atoms with E-state index in [1.165, 1.54) is 0 Å². The number of rotatable bonds is 7. The molecule has 0 aliphatic carbocycles. The first-order chi connectivity index (χ1) is 10.2. The lowest BCUT2D eigenvalue weighted by Gasteiger charge is -2.12. The molecule has 112 valence electrons. The summed E-state index contributed by atoms with van der Waals surface area (Å²) in [5.74, 6) is 1.68. The van der Waals surface area contributed by atoms with Crippen LogP contribution < -0.4 is 14.8 Å². The number of pyridine rings is 1. The van der Waals surface area contributed by atoms with Gasteiger partial charge in [0.1, 0.15) is 18.1 Å². The number of aromatic nitrogens is 1. The molecule has 1 heterocycles. The fraction of sp³-hybridized carbons (Fsp3) is 0.353. The van der Waals surface area contributed by atoms with Crippen molar-refractivity contribution in [3.05, 3.63) is 53.3 Å². The van der Waals surface area contributed by atoms with Crippen LogP contribution in [0.5, 0.6) is 11.5 Å². The lowest BCUT2D eigenvalue weighted by molar-refractivity contribution is 0.300. The number of nitrogens with one attached hydrogen (secondary N) is 1. The molecule has 0 bridgehead atoms. The lowest BCUT2D eigenvalue weighted by atomic mass is 10.2. The average Bonchev–Trinajstić information content (AvgIpc) is 2.52. The van der Waals surface area contributed by atoms with Crippen LogP contribution in [0.2, 0.25) is 0 Å². The van der Waals surface area contributed by atoms with Gasteiger partial charge in [0.2, 0.25) is 0 Å². The molecule has 2 rings (SSSR count). The van der Waals surface area contributed by atoms with E-state index in [4.69, 9.17) is 9.47 Å². The summed E-state index contributed by atoms with van der Waals surface area (Å²) in [6.07, 6.45) is 0. The van der Waals surface area contributed by atoms with Gasteiger partial charge in [-0.2, -0.15) is 0 Å². The zero-order chi connectivity index (χ0) is 15.1. The monoisotopic (exact) mass is 286 g/mol. The zero-order valence-electron chi connectivity index (χ0n) is 12.8. The van der Waals surface area contributed by atoms with Gasteiger partial charge in [-0.15, -0.1) is 0 Å². The summed E-state index contributed by atoms with van der Waals surface area (Å²) >= 11 is 0. The van der Waals surface area contributed by atoms with E-state index >= 15 is 0 Å². The molecule has 21 heavy (non-hydrogen) atoms. The van der Waals surface area contributed by atoms with E-state index in [-0.39, 0.29) is 0 Å². The largest absolute Gasteiger partial charge is 0.497 e. The Balaban J connectivity index is 2.04. The third kappa shape index (κ3) is 4.46. The van der Waals surface area contributed by atoms with E-state index in [9.17, 15) is 0 Å². The highest BCUT2D eigenvalue weighted by Gasteiger charge is 2.06. The number of ether oxygens (including phenoxy) is 2. The quantitative estimate of drug-likeness (QED) is 0.849. The summed E-state index contributed by atoms with van der Waals surface area (Å²) < 4.78 is 11.1. The van der Waals surface area contributed by atoms with Crippen molar-refractivity contribution >= 4 is 0 Å². The molecule has 0 spiro atoms. The maximum atomic E-state index is 5.91. The fourth-order valence-electron chi connectivity index (χ4n) is 1.98. The molecule has 1 aromatic heterocycles. The first-order valence-electron chi connectivity index (χ1n) is 7.16. The Morgan fingerprint density at radius 1 is 1.10 bits per heavy atom. The predicted molar refractivity (Wildman–Crippen MR) is 83.7 cm³/mol. The molecule has 0 aliphatic heterocycles. The highest BCUT2D eigenvalue weighted by atomic mass is 16.5. The van der Waals surface area contributed by atoms with Gasteiger partial charge in [0.15, 0.2) is 0 Å². The van der Waals surface area contributed by atoms with E-state index in [1.807, 2.05) is 43.3 Å². The van der Waals surface area contributed by atoms with Gasteiger partial charge < -0.3 is 14.8 Å². The Morgan fingerprint density at radius 3 is 2.52 bits per heavy atom. The van der Waals surface area contributed by atoms with Crippen molar-refractivity contribution in [2.24, 2.45) is 0 Å². The van der Waals surface area contributed by atoms with E-state index in [1.54, 1.807) is 7.11 Å². The molecule has 1 N–H and O–H groups in total. The molecule has 0 aliphatic rings. The van der Waals surface area contributed by atoms with Crippen LogP contribution in [-0.2, 0) is 13.2 Å². The normalized spacial score (nSPS) is 10.4. The van der Waals surface area contributed by atoms with Crippen LogP contribution in [0.4, 0.5) is 0 Å². The molecule has 0 amide bonds. The molecule has 2 aromatic rings. The average molecular weight is 286 g/mol. The summed E-state index contributed by atoms with van der Waals surface area (Å²) in [5.41, 5.74) is 3.05. The molecule has 1 aromatic carbocycles. The third-order valence-electron chi connectivity index (χ3n) is 3.17. The van der Waals surface area contributed by atoms with Crippen molar-refractivity contribution in [1.82, 2.24) is 10.3 Å². The molecule has 4 nitrogen and oxygen atoms in total. The molecule has 0 radical (unpaired) electrons. The van der Waals surface area contributed by atoms with E-state index in [0.717, 1.165) is 41.5 Å². The van der Waals surface area contributed by atoms with Gasteiger partial charge in [0.05, 0.1) is 12.8 Å². The molecule has 0 saturated heterocycles. The van der Waals surface area contributed by atoms with Crippen molar-refractivity contribution in [2.75, 3.05) is 13.7 Å². The van der Waals surface area contributed by atoms with Gasteiger partial charge in [-0.1, -0.05) is 19.1 Å². The van der Waals surface area contributed by atoms with Crippen molar-refractivity contribution in [3.63, 3.8) is 0 Å². The number of nitrogens with zero attached hydrogens (tertiary/aromatic N) is 1. The summed E-state index contributed by atoms with van der Waals surface area (Å²) in [5, 5.41) is 3.29. The maximum Gasteiger partial charge on any atom is 0.142 e. The lowest BCUT2D eigenvalue weighted by Crippen LogP contribution is -2.14. The Morgan fingerprint density at radius 2 is 1.86 bits per heavy atom. The van der Waals surface area contributed by atoms with Crippen molar-refractivity contribution < 1.29 is 9.47 Å². The van der Waals surface area contributed by atoms with Crippen LogP contribution in [-0.4, -0.2) is 18.6 Å². The highest BCUT2D eigenvalue weighted by Crippen LogP contribution is 2.19. The van der Waals surface area contributed by atoms with Gasteiger partial charge in [0.25, 0.3) is 0 Å². The van der Waals surface area contributed by atoms with Crippen molar-refractivity contribution in [2.45, 2.75) is 27.0 Å². The number of methoxy groups -OCH3 is 1. The molecular formula is C17H22N2O2. The van der Waals surface area contributed by atoms with Crippen LogP contribution in [0.1, 0.15) is 23.9 Å². The van der Waals surface area contributed by atoms with Crippen molar-refractivity contribution in [3.8, 4) is 11.5 Å². The van der Waals surface area contributed by atoms with Crippen LogP contribution in [0.3, 0.4) is 0 Å². The summed E-state index contributed by atoms with van der Waals surface area (Å²) in [6.45, 7) is 6.22. The molecule has 0 fully saturated rings. The van der Waals surface area contributed by atoms with Crippen LogP contribution in [0, 0.1) is 6.92 Å². The van der Waals surface area contributed by atoms with Crippen LogP contribution in [0.25, 0.3) is 0 Å². The topological polar surface area (TPSA) is 43.4 Å². The minimum Gasteiger partial charge on any atom is -0.497 e. The Labute approximate surface area is 126 Å². The summed E-state index contributed by atoms with van der Waals surface area (Å²) in [4.78, 5) is 4.54. The van der Waals surface area contributed by atoms with Crippen LogP contribution in [0.15, 0.2) is 36.4 Å². The highest BCUT2D eigenvalue weighted by molar-refractivity contribution is 5.31. The second kappa shape index (κ2) is 7.64. The summed E-state index contributed by atoms with van der Waals surface area (Å²) in [6, 6.07) is 11.8. The number of aryl methyl sites for hydroxylation is 1. The van der Waals surface area contributed by atoms with Gasteiger partial charge in [-0.3, -0.25) is 4.98 Å². The fourth-order valence-corrected chi connectivity index (χ4v) is 1.98. The second-order valence-corrected chi connectivity index (χ2v) is 4.81. The Kier molecular flexibility index (Phi) is 5.58. The molecule has 0 saturated carbocycles. The standard InChI is InChI=1S/C17H22N2O2/c1-4-18-11-16-17(10-5-13(2)19-16)21-12-14-6-8-15(20-3)9-7-14/h5-10,18H,4,11-12H2,1-3H3. The minimum absolute atomic E-state index is 0.522. The molecule has 0 atom stereocenters. The van der Waals surface area contributed by atoms with Gasteiger partial charge in [0, 0.05) is 12.2 Å². The minimum atomic E-state index is 0.522. The van der Waals surface area contributed by atoms with E-state index in [2.05, 4.69) is 17.2 Å². The first-order valence-corrected chi connectivity index (χ1v) is 7.16. The molecular weight excluding hydrogens is 264 g/mol. The predicted octanol–water partition coefficient (Wildman–Crippen LogP) is 3.09. The zero-order valence-corrected chi connectivity index (χ0v) is 12.8. The Hall–Kier alpha value is -2.07. The molecule has 0 unspecified atom stereocenters. The van der Waals surface area contributed by atoms with E-state index in [0.29, 0.717) is 6.61 Å². The van der Waals surface area contributed by atoms with Crippen LogP contribution >= 0.6 is 0 Å². The van der Waals surface area contributed by atoms with E-state index < -0.39 is 0 Å². The van der Waals surface area contributed by atoms with Gasteiger partial charge >= 0.3 is 0 Å². The van der Waals surface area contributed by atoms with Crippen molar-refractivity contribution in [1.29, 1.82) is 0 Å². The van der Waals surface area contributed by atoms with Gasteiger partial charge in [-0.05, 0) is 43.3 Å². The smallest absolute Gasteiger partial charge is 0.142 e. The Bertz CT molecular complexity index is 568. The summed E-state index contributed by atoms with van der Waals surface area (Å²) in [7, 11) is 1.66. The molecule has 4 heteroatoms. The third-order valence-corrected chi connectivity index (χ3v) is 3.17. The number of benzene rings is 1. The van der Waals surface area contributed by atoms with Gasteiger partial charge in [-0.25, -0.2) is 0 Å². The first kappa shape index (κ1) is 15.3. The SMILES string of the molecule is CCNCc1nc(C)ccc1OCc1ccc(OC)cc1. The number of hydrogen-bond donors (Lipinski definition) is 1. The maximum absolute atomic E-state index is 5.91. The number of hydrogen-bond acceptors (Lipinski definition) is 4. The second-order valence-electron chi connectivity index (χ2n) is 4.81.